The Labute approximate surface area is 149 Å². The second kappa shape index (κ2) is 8.35. The molecule has 25 heavy (non-hydrogen) atoms. The van der Waals surface area contributed by atoms with Crippen molar-refractivity contribution >= 4 is 25.7 Å². The summed E-state index contributed by atoms with van der Waals surface area (Å²) in [5.74, 6) is 0.488. The Hall–Kier alpha value is -1.36. The Morgan fingerprint density at radius 2 is 1.64 bits per heavy atom. The maximum atomic E-state index is 12.3. The molecule has 10 heteroatoms. The van der Waals surface area contributed by atoms with Gasteiger partial charge in [0, 0.05) is 38.4 Å². The van der Waals surface area contributed by atoms with Crippen molar-refractivity contribution in [3.63, 3.8) is 0 Å². The van der Waals surface area contributed by atoms with E-state index in [0.29, 0.717) is 26.2 Å². The number of piperazine rings is 1. The van der Waals surface area contributed by atoms with Crippen LogP contribution >= 0.6 is 0 Å². The Morgan fingerprint density at radius 3 is 2.16 bits per heavy atom. The normalized spacial score (nSPS) is 16.8. The molecule has 1 aromatic rings. The minimum absolute atomic E-state index is 0.0619. The van der Waals surface area contributed by atoms with Crippen LogP contribution < -0.4 is 14.4 Å². The van der Waals surface area contributed by atoms with Crippen molar-refractivity contribution in [2.75, 3.05) is 56.2 Å². The third-order valence-electron chi connectivity index (χ3n) is 4.13. The molecule has 0 amide bonds. The highest BCUT2D eigenvalue weighted by molar-refractivity contribution is 7.90. The van der Waals surface area contributed by atoms with Gasteiger partial charge in [-0.25, -0.2) is 21.6 Å². The number of nitrogens with zero attached hydrogens (tertiary/aromatic N) is 2. The van der Waals surface area contributed by atoms with Crippen LogP contribution in [0, 0.1) is 0 Å². The lowest BCUT2D eigenvalue weighted by atomic mass is 10.2. The predicted molar refractivity (Wildman–Crippen MR) is 98.0 cm³/mol. The van der Waals surface area contributed by atoms with Crippen LogP contribution in [-0.2, 0) is 20.0 Å². The molecule has 1 aliphatic rings. The van der Waals surface area contributed by atoms with Gasteiger partial charge in [-0.15, -0.1) is 0 Å². The molecule has 1 fully saturated rings. The van der Waals surface area contributed by atoms with Crippen LogP contribution in [0.25, 0.3) is 0 Å². The highest BCUT2D eigenvalue weighted by Crippen LogP contribution is 2.21. The van der Waals surface area contributed by atoms with Gasteiger partial charge in [0.1, 0.15) is 5.75 Å². The zero-order chi connectivity index (χ0) is 18.5. The van der Waals surface area contributed by atoms with Gasteiger partial charge in [-0.05, 0) is 31.2 Å². The molecule has 0 bridgehead atoms. The summed E-state index contributed by atoms with van der Waals surface area (Å²) in [5.41, 5.74) is 1.02. The van der Waals surface area contributed by atoms with Gasteiger partial charge in [0.05, 0.1) is 18.6 Å². The molecule has 0 aliphatic carbocycles. The van der Waals surface area contributed by atoms with Crippen LogP contribution in [0.5, 0.6) is 5.75 Å². The number of rotatable bonds is 8. The van der Waals surface area contributed by atoms with Crippen molar-refractivity contribution in [1.82, 2.24) is 9.03 Å². The average molecular weight is 392 g/mol. The largest absolute Gasteiger partial charge is 0.497 e. The highest BCUT2D eigenvalue weighted by atomic mass is 32.2. The summed E-state index contributed by atoms with van der Waals surface area (Å²) >= 11 is 0. The fourth-order valence-electron chi connectivity index (χ4n) is 2.57. The molecule has 0 aromatic heterocycles. The molecular weight excluding hydrogens is 366 g/mol. The van der Waals surface area contributed by atoms with E-state index >= 15 is 0 Å². The monoisotopic (exact) mass is 391 g/mol. The molecule has 0 saturated carbocycles. The van der Waals surface area contributed by atoms with Crippen LogP contribution in [0.15, 0.2) is 24.3 Å². The van der Waals surface area contributed by atoms with E-state index < -0.39 is 20.0 Å². The lowest BCUT2D eigenvalue weighted by molar-refractivity contribution is 0.384. The first-order valence-electron chi connectivity index (χ1n) is 8.11. The fraction of sp³-hybridized carbons (Fsp3) is 0.600. The molecule has 1 heterocycles. The number of sulfonamides is 2. The van der Waals surface area contributed by atoms with Gasteiger partial charge in [-0.3, -0.25) is 0 Å². The van der Waals surface area contributed by atoms with E-state index in [4.69, 9.17) is 4.74 Å². The molecule has 2 rings (SSSR count). The number of anilines is 1. The van der Waals surface area contributed by atoms with Crippen LogP contribution in [0.2, 0.25) is 0 Å². The summed E-state index contributed by atoms with van der Waals surface area (Å²) in [6.07, 6.45) is 0. The predicted octanol–water partition coefficient (Wildman–Crippen LogP) is 0.0863. The molecule has 0 radical (unpaired) electrons. The van der Waals surface area contributed by atoms with Crippen molar-refractivity contribution in [3.8, 4) is 5.75 Å². The minimum atomic E-state index is -3.47. The first-order chi connectivity index (χ1) is 11.8. The van der Waals surface area contributed by atoms with E-state index in [9.17, 15) is 16.8 Å². The van der Waals surface area contributed by atoms with Gasteiger partial charge in [0.25, 0.3) is 0 Å². The molecule has 1 aliphatic heterocycles. The van der Waals surface area contributed by atoms with E-state index in [0.717, 1.165) is 11.4 Å². The lowest BCUT2D eigenvalue weighted by Crippen LogP contribution is -2.50. The Bertz CT molecular complexity index is 755. The first-order valence-corrected chi connectivity index (χ1v) is 11.4. The summed E-state index contributed by atoms with van der Waals surface area (Å²) < 4.78 is 56.3. The van der Waals surface area contributed by atoms with E-state index in [1.165, 1.54) is 11.2 Å². The Balaban J connectivity index is 1.87. The molecule has 0 atom stereocenters. The maximum absolute atomic E-state index is 12.3. The number of hydrogen-bond donors (Lipinski definition) is 1. The zero-order valence-electron chi connectivity index (χ0n) is 14.5. The second-order valence-electron chi connectivity index (χ2n) is 5.70. The molecule has 1 aromatic carbocycles. The minimum Gasteiger partial charge on any atom is -0.497 e. The molecule has 1 saturated heterocycles. The Kier molecular flexibility index (Phi) is 6.66. The molecule has 0 spiro atoms. The first kappa shape index (κ1) is 20.0. The number of nitrogens with one attached hydrogen (secondary N) is 1. The maximum Gasteiger partial charge on any atom is 0.215 e. The summed E-state index contributed by atoms with van der Waals surface area (Å²) in [4.78, 5) is 2.12. The molecule has 142 valence electrons. The number of methoxy groups -OCH3 is 1. The molecule has 0 unspecified atom stereocenters. The van der Waals surface area contributed by atoms with Gasteiger partial charge in [0.2, 0.25) is 20.0 Å². The van der Waals surface area contributed by atoms with Gasteiger partial charge in [0.15, 0.2) is 0 Å². The number of ether oxygens (including phenoxy) is 1. The van der Waals surface area contributed by atoms with Gasteiger partial charge < -0.3 is 9.64 Å². The SMILES string of the molecule is CCS(=O)(=O)NCCS(=O)(=O)N1CCN(c2ccc(OC)cc2)CC1. The van der Waals surface area contributed by atoms with Crippen LogP contribution in [-0.4, -0.2) is 72.5 Å². The molecule has 1 N–H and O–H groups in total. The molecular formula is C15H25N3O5S2. The van der Waals surface area contributed by atoms with Gasteiger partial charge in [-0.2, -0.15) is 4.31 Å². The van der Waals surface area contributed by atoms with Crippen molar-refractivity contribution in [2.45, 2.75) is 6.92 Å². The second-order valence-corrected chi connectivity index (χ2v) is 9.88. The van der Waals surface area contributed by atoms with Crippen molar-refractivity contribution in [1.29, 1.82) is 0 Å². The highest BCUT2D eigenvalue weighted by Gasteiger charge is 2.27. The summed E-state index contributed by atoms with van der Waals surface area (Å²) in [6.45, 7) is 3.36. The molecule has 8 nitrogen and oxygen atoms in total. The van der Waals surface area contributed by atoms with E-state index in [2.05, 4.69) is 9.62 Å². The van der Waals surface area contributed by atoms with Crippen molar-refractivity contribution < 1.29 is 21.6 Å². The van der Waals surface area contributed by atoms with E-state index in [1.54, 1.807) is 7.11 Å². The fourth-order valence-corrected chi connectivity index (χ4v) is 4.66. The lowest BCUT2D eigenvalue weighted by Gasteiger charge is -2.35. The summed E-state index contributed by atoms with van der Waals surface area (Å²) in [5, 5.41) is 0. The number of hydrogen-bond acceptors (Lipinski definition) is 6. The van der Waals surface area contributed by atoms with Crippen LogP contribution in [0.4, 0.5) is 5.69 Å². The zero-order valence-corrected chi connectivity index (χ0v) is 16.1. The van der Waals surface area contributed by atoms with E-state index in [1.807, 2.05) is 24.3 Å². The van der Waals surface area contributed by atoms with Crippen LogP contribution in [0.3, 0.4) is 0 Å². The smallest absolute Gasteiger partial charge is 0.215 e. The summed E-state index contributed by atoms with van der Waals surface area (Å²) in [6, 6.07) is 7.64. The third kappa shape index (κ3) is 5.56. The van der Waals surface area contributed by atoms with Crippen LogP contribution in [0.1, 0.15) is 6.92 Å². The summed E-state index contributed by atoms with van der Waals surface area (Å²) in [7, 11) is -5.23. The van der Waals surface area contributed by atoms with Crippen molar-refractivity contribution in [3.05, 3.63) is 24.3 Å². The topological polar surface area (TPSA) is 96.0 Å². The number of benzene rings is 1. The third-order valence-corrected chi connectivity index (χ3v) is 7.41. The average Bonchev–Trinajstić information content (AvgIpc) is 2.61. The standard InChI is InChI=1S/C15H25N3O5S2/c1-3-24(19,20)16-8-13-25(21,22)18-11-9-17(10-12-18)14-4-6-15(23-2)7-5-14/h4-7,16H,3,8-13H2,1-2H3. The van der Waals surface area contributed by atoms with Gasteiger partial charge in [-0.1, -0.05) is 0 Å². The van der Waals surface area contributed by atoms with Gasteiger partial charge >= 0.3 is 0 Å². The van der Waals surface area contributed by atoms with Crippen molar-refractivity contribution in [2.24, 2.45) is 0 Å². The van der Waals surface area contributed by atoms with E-state index in [-0.39, 0.29) is 18.1 Å². The quantitative estimate of drug-likeness (QED) is 0.675. The Morgan fingerprint density at radius 1 is 1.04 bits per heavy atom.